The normalized spacial score (nSPS) is 12.1. The van der Waals surface area contributed by atoms with Gasteiger partial charge in [0.1, 0.15) is 0 Å². The second-order valence-corrected chi connectivity index (χ2v) is 6.32. The smallest absolute Gasteiger partial charge is 0.00210 e. The molecule has 5 aromatic carbocycles. The van der Waals surface area contributed by atoms with Crippen molar-refractivity contribution in [2.45, 2.75) is 13.8 Å². The van der Waals surface area contributed by atoms with Gasteiger partial charge < -0.3 is 0 Å². The molecule has 0 N–H and O–H groups in total. The second kappa shape index (κ2) is 3.98. The summed E-state index contributed by atoms with van der Waals surface area (Å²) in [6.45, 7) is 4.44. The predicted octanol–water partition coefficient (Wildman–Crippen LogP) is 6.35. The molecule has 0 heterocycles. The van der Waals surface area contributed by atoms with Crippen LogP contribution in [-0.4, -0.2) is 0 Å². The van der Waals surface area contributed by atoms with Gasteiger partial charge in [0.25, 0.3) is 0 Å². The fourth-order valence-electron chi connectivity index (χ4n) is 4.11. The van der Waals surface area contributed by atoms with Crippen LogP contribution in [0.25, 0.3) is 43.1 Å². The largest absolute Gasteiger partial charge is 0.0610 e. The van der Waals surface area contributed by atoms with Gasteiger partial charge >= 0.3 is 0 Å². The van der Waals surface area contributed by atoms with Gasteiger partial charge in [0.15, 0.2) is 0 Å². The zero-order chi connectivity index (χ0) is 14.8. The van der Waals surface area contributed by atoms with Gasteiger partial charge in [-0.2, -0.15) is 0 Å². The van der Waals surface area contributed by atoms with Gasteiger partial charge in [-0.3, -0.25) is 0 Å². The number of benzene rings is 5. The Kier molecular flexibility index (Phi) is 2.17. The summed E-state index contributed by atoms with van der Waals surface area (Å²) in [5, 5.41) is 11.1. The Morgan fingerprint density at radius 1 is 0.455 bits per heavy atom. The van der Waals surface area contributed by atoms with Crippen molar-refractivity contribution in [3.8, 4) is 0 Å². The Bertz CT molecular complexity index is 1090. The number of hydrogen-bond acceptors (Lipinski definition) is 0. The molecule has 0 spiro atoms. The lowest BCUT2D eigenvalue weighted by Crippen LogP contribution is -1.90. The van der Waals surface area contributed by atoms with Gasteiger partial charge in [0, 0.05) is 0 Å². The molecular formula is C22H16. The van der Waals surface area contributed by atoms with Crippen LogP contribution in [0.4, 0.5) is 0 Å². The predicted molar refractivity (Wildman–Crippen MR) is 97.1 cm³/mol. The summed E-state index contributed by atoms with van der Waals surface area (Å²) in [5.74, 6) is 0. The third kappa shape index (κ3) is 1.33. The maximum Gasteiger partial charge on any atom is -0.00210 e. The van der Waals surface area contributed by atoms with E-state index in [0.717, 1.165) is 0 Å². The minimum Gasteiger partial charge on any atom is -0.0610 e. The molecule has 5 aromatic rings. The fourth-order valence-corrected chi connectivity index (χ4v) is 4.11. The highest BCUT2D eigenvalue weighted by molar-refractivity contribution is 6.33. The van der Waals surface area contributed by atoms with Crippen LogP contribution in [-0.2, 0) is 0 Å². The van der Waals surface area contributed by atoms with Crippen LogP contribution in [0.2, 0.25) is 0 Å². The summed E-state index contributed by atoms with van der Waals surface area (Å²) in [6, 6.07) is 22.4. The van der Waals surface area contributed by atoms with Crippen molar-refractivity contribution in [3.05, 3.63) is 71.8 Å². The van der Waals surface area contributed by atoms with E-state index in [2.05, 4.69) is 74.5 Å². The molecule has 0 aliphatic rings. The van der Waals surface area contributed by atoms with Gasteiger partial charge in [0.2, 0.25) is 0 Å². The van der Waals surface area contributed by atoms with Crippen molar-refractivity contribution in [2.75, 3.05) is 0 Å². The SMILES string of the molecule is Cc1ccc2c3cccc4cccc(c5ccc(C)c1c25)c43. The molecule has 0 bridgehead atoms. The average Bonchev–Trinajstić information content (AvgIpc) is 2.54. The van der Waals surface area contributed by atoms with Crippen LogP contribution in [0, 0.1) is 13.8 Å². The maximum atomic E-state index is 2.30. The highest BCUT2D eigenvalue weighted by atomic mass is 14.2. The van der Waals surface area contributed by atoms with Gasteiger partial charge in [0.05, 0.1) is 0 Å². The second-order valence-electron chi connectivity index (χ2n) is 6.32. The number of hydrogen-bond donors (Lipinski definition) is 0. The summed E-state index contributed by atoms with van der Waals surface area (Å²) < 4.78 is 0. The van der Waals surface area contributed by atoms with E-state index in [0.29, 0.717) is 0 Å². The Morgan fingerprint density at radius 2 is 0.955 bits per heavy atom. The summed E-state index contributed by atoms with van der Waals surface area (Å²) in [6.07, 6.45) is 0. The van der Waals surface area contributed by atoms with Crippen molar-refractivity contribution in [3.63, 3.8) is 0 Å². The first-order valence-electron chi connectivity index (χ1n) is 7.81. The van der Waals surface area contributed by atoms with E-state index < -0.39 is 0 Å². The Morgan fingerprint density at radius 3 is 1.50 bits per heavy atom. The number of rotatable bonds is 0. The summed E-state index contributed by atoms with van der Waals surface area (Å²) in [7, 11) is 0. The molecule has 0 unspecified atom stereocenters. The monoisotopic (exact) mass is 280 g/mol. The van der Waals surface area contributed by atoms with Crippen LogP contribution in [0.1, 0.15) is 11.1 Å². The van der Waals surface area contributed by atoms with Crippen molar-refractivity contribution >= 4 is 43.1 Å². The highest BCUT2D eigenvalue weighted by Crippen LogP contribution is 2.41. The zero-order valence-electron chi connectivity index (χ0n) is 12.8. The summed E-state index contributed by atoms with van der Waals surface area (Å²) in [4.78, 5) is 0. The molecular weight excluding hydrogens is 264 g/mol. The first-order valence-corrected chi connectivity index (χ1v) is 7.81. The highest BCUT2D eigenvalue weighted by Gasteiger charge is 2.14. The van der Waals surface area contributed by atoms with Crippen molar-refractivity contribution in [1.29, 1.82) is 0 Å². The number of fused-ring (bicyclic) bond motifs is 2. The molecule has 0 heteroatoms. The van der Waals surface area contributed by atoms with Crippen LogP contribution in [0.5, 0.6) is 0 Å². The standard InChI is InChI=1S/C22H16/c1-13-9-11-18-16-7-3-5-15-6-4-8-17(21(15)16)19-12-10-14(2)20(13)22(18)19/h3-12H,1-2H3. The lowest BCUT2D eigenvalue weighted by Gasteiger charge is -2.16. The zero-order valence-corrected chi connectivity index (χ0v) is 12.8. The van der Waals surface area contributed by atoms with Crippen LogP contribution in [0.15, 0.2) is 60.7 Å². The van der Waals surface area contributed by atoms with Gasteiger partial charge in [-0.1, -0.05) is 60.7 Å². The van der Waals surface area contributed by atoms with E-state index in [1.54, 1.807) is 0 Å². The molecule has 0 nitrogen and oxygen atoms in total. The van der Waals surface area contributed by atoms with E-state index >= 15 is 0 Å². The first-order chi connectivity index (χ1) is 10.8. The van der Waals surface area contributed by atoms with Gasteiger partial charge in [-0.05, 0) is 68.1 Å². The molecule has 0 saturated carbocycles. The Labute approximate surface area is 129 Å². The third-order valence-corrected chi connectivity index (χ3v) is 5.06. The van der Waals surface area contributed by atoms with Crippen molar-refractivity contribution in [2.24, 2.45) is 0 Å². The molecule has 0 aliphatic carbocycles. The third-order valence-electron chi connectivity index (χ3n) is 5.06. The molecule has 104 valence electrons. The molecule has 0 aromatic heterocycles. The minimum absolute atomic E-state index is 1.33. The van der Waals surface area contributed by atoms with Crippen LogP contribution in [0.3, 0.4) is 0 Å². The summed E-state index contributed by atoms with van der Waals surface area (Å²) >= 11 is 0. The van der Waals surface area contributed by atoms with E-state index in [1.807, 2.05) is 0 Å². The van der Waals surface area contributed by atoms with Crippen LogP contribution >= 0.6 is 0 Å². The fraction of sp³-hybridized carbons (Fsp3) is 0.0909. The van der Waals surface area contributed by atoms with Gasteiger partial charge in [-0.15, -0.1) is 0 Å². The van der Waals surface area contributed by atoms with Crippen LogP contribution < -0.4 is 0 Å². The van der Waals surface area contributed by atoms with E-state index in [-0.39, 0.29) is 0 Å². The topological polar surface area (TPSA) is 0 Å². The van der Waals surface area contributed by atoms with Gasteiger partial charge in [-0.25, -0.2) is 0 Å². The average molecular weight is 280 g/mol. The first kappa shape index (κ1) is 12.0. The molecule has 0 amide bonds. The molecule has 0 atom stereocenters. The molecule has 0 radical (unpaired) electrons. The van der Waals surface area contributed by atoms with E-state index in [4.69, 9.17) is 0 Å². The molecule has 0 fully saturated rings. The minimum atomic E-state index is 1.33. The van der Waals surface area contributed by atoms with Crippen molar-refractivity contribution in [1.82, 2.24) is 0 Å². The quantitative estimate of drug-likeness (QED) is 0.229. The molecule has 5 rings (SSSR count). The summed E-state index contributed by atoms with van der Waals surface area (Å²) in [5.41, 5.74) is 2.73. The number of aryl methyl sites for hydroxylation is 2. The molecule has 0 aliphatic heterocycles. The van der Waals surface area contributed by atoms with Crippen molar-refractivity contribution < 1.29 is 0 Å². The molecule has 0 saturated heterocycles. The lowest BCUT2D eigenvalue weighted by molar-refractivity contribution is 1.48. The lowest BCUT2D eigenvalue weighted by atomic mass is 9.87. The maximum absolute atomic E-state index is 2.30. The van der Waals surface area contributed by atoms with E-state index in [9.17, 15) is 0 Å². The Hall–Kier alpha value is -2.60. The Balaban J connectivity index is 2.29. The van der Waals surface area contributed by atoms with E-state index in [1.165, 1.54) is 54.2 Å². The molecule has 22 heavy (non-hydrogen) atoms.